The van der Waals surface area contributed by atoms with Crippen molar-refractivity contribution in [1.82, 2.24) is 14.7 Å². The number of phenols is 1. The number of amides is 4. The van der Waals surface area contributed by atoms with Gasteiger partial charge in [0, 0.05) is 31.6 Å². The van der Waals surface area contributed by atoms with Gasteiger partial charge in [0.1, 0.15) is 5.75 Å². The van der Waals surface area contributed by atoms with Crippen LogP contribution in [0, 0.1) is 17.8 Å². The van der Waals surface area contributed by atoms with Crippen LogP contribution in [-0.4, -0.2) is 77.8 Å². The number of aromatic hydroxyl groups is 1. The fourth-order valence-corrected chi connectivity index (χ4v) is 9.82. The lowest BCUT2D eigenvalue weighted by atomic mass is 9.56. The second kappa shape index (κ2) is 11.0. The van der Waals surface area contributed by atoms with E-state index in [4.69, 9.17) is 23.2 Å². The molecule has 3 heterocycles. The van der Waals surface area contributed by atoms with E-state index in [-0.39, 0.29) is 35.5 Å². The molecule has 4 amide bonds. The highest BCUT2D eigenvalue weighted by atomic mass is 79.9. The van der Waals surface area contributed by atoms with E-state index < -0.39 is 45.2 Å². The van der Waals surface area contributed by atoms with Crippen LogP contribution in [0.4, 0.5) is 0 Å². The van der Waals surface area contributed by atoms with E-state index in [2.05, 4.69) is 33.0 Å². The molecule has 0 bridgehead atoms. The van der Waals surface area contributed by atoms with Crippen molar-refractivity contribution >= 4 is 62.8 Å². The fourth-order valence-electron chi connectivity index (χ4n) is 8.39. The summed E-state index contributed by atoms with van der Waals surface area (Å²) >= 11 is 17.7. The molecule has 5 aliphatic rings. The second-order valence-corrected chi connectivity index (χ2v) is 14.4. The number of nitrogens with zero attached hydrogens (tertiary/aromatic N) is 3. The smallest absolute Gasteiger partial charge is 0.254 e. The summed E-state index contributed by atoms with van der Waals surface area (Å²) < 4.78 is 0. The van der Waals surface area contributed by atoms with Crippen LogP contribution in [0.5, 0.6) is 5.75 Å². The van der Waals surface area contributed by atoms with E-state index in [9.17, 15) is 24.3 Å². The van der Waals surface area contributed by atoms with E-state index in [1.54, 1.807) is 12.1 Å². The average molecular weight is 701 g/mol. The summed E-state index contributed by atoms with van der Waals surface area (Å²) in [6, 6.07) is 16.5. The third-order valence-electron chi connectivity index (χ3n) is 10.4. The Kier molecular flexibility index (Phi) is 7.47. The Balaban J connectivity index is 1.21. The van der Waals surface area contributed by atoms with Gasteiger partial charge in [0.2, 0.25) is 11.8 Å². The molecule has 8 nitrogen and oxygen atoms in total. The van der Waals surface area contributed by atoms with Gasteiger partial charge in [-0.3, -0.25) is 33.9 Å². The van der Waals surface area contributed by atoms with Crippen molar-refractivity contribution in [1.29, 1.82) is 0 Å². The molecule has 2 aromatic carbocycles. The highest BCUT2D eigenvalue weighted by molar-refractivity contribution is 9.09. The molecule has 0 radical (unpaired) electrons. The molecule has 4 fully saturated rings. The Hall–Kier alpha value is -2.72. The van der Waals surface area contributed by atoms with Gasteiger partial charge >= 0.3 is 0 Å². The van der Waals surface area contributed by atoms with Crippen LogP contribution in [0.25, 0.3) is 0 Å². The molecule has 0 unspecified atom stereocenters. The van der Waals surface area contributed by atoms with E-state index in [0.29, 0.717) is 24.8 Å². The average Bonchev–Trinajstić information content (AvgIpc) is 3.35. The number of alkyl halides is 3. The standard InChI is InChI=1S/C33H32BrCl2N3O5/c34-18-38-30(43)32(35)16-25-23(27(33(32,36)31(38)44)20-7-4-8-22(40)15-20)9-10-24-26(25)29(42)39(28(24)41)21-11-13-37(14-12-21)17-19-5-2-1-3-6-19/h1-9,15,21,24-27,40H,10-14,16-18H2/t24-,25+,26-,27-,32+,33-/m0/s1. The molecule has 6 atom stereocenters. The first-order valence-corrected chi connectivity index (χ1v) is 16.9. The summed E-state index contributed by atoms with van der Waals surface area (Å²) in [5.41, 5.74) is 2.40. The Labute approximate surface area is 274 Å². The minimum Gasteiger partial charge on any atom is -0.508 e. The summed E-state index contributed by atoms with van der Waals surface area (Å²) in [6.07, 6.45) is 3.59. The van der Waals surface area contributed by atoms with Crippen molar-refractivity contribution < 1.29 is 24.3 Å². The monoisotopic (exact) mass is 699 g/mol. The summed E-state index contributed by atoms with van der Waals surface area (Å²) in [5, 5.41) is 10.4. The molecule has 44 heavy (non-hydrogen) atoms. The number of imide groups is 2. The number of benzene rings is 2. The quantitative estimate of drug-likeness (QED) is 0.209. The number of hydrogen-bond donors (Lipinski definition) is 1. The molecule has 0 aromatic heterocycles. The number of phenolic OH excluding ortho intramolecular Hbond substituents is 1. The lowest BCUT2D eigenvalue weighted by Crippen LogP contribution is -2.60. The van der Waals surface area contributed by atoms with Gasteiger partial charge in [0.05, 0.1) is 17.3 Å². The van der Waals surface area contributed by atoms with Crippen molar-refractivity contribution in [2.24, 2.45) is 17.8 Å². The van der Waals surface area contributed by atoms with Crippen LogP contribution in [-0.2, 0) is 25.7 Å². The highest BCUT2D eigenvalue weighted by Gasteiger charge is 2.76. The number of likely N-dealkylation sites (tertiary alicyclic amines) is 3. The van der Waals surface area contributed by atoms with Crippen LogP contribution in [0.3, 0.4) is 0 Å². The zero-order valence-corrected chi connectivity index (χ0v) is 27.0. The number of piperidine rings is 1. The van der Waals surface area contributed by atoms with Crippen molar-refractivity contribution in [3.8, 4) is 5.75 Å². The molecule has 11 heteroatoms. The van der Waals surface area contributed by atoms with E-state index >= 15 is 0 Å². The topological polar surface area (TPSA) is 98.2 Å². The summed E-state index contributed by atoms with van der Waals surface area (Å²) in [5.74, 6) is -4.40. The van der Waals surface area contributed by atoms with Gasteiger partial charge in [-0.2, -0.15) is 0 Å². The Morgan fingerprint density at radius 2 is 1.64 bits per heavy atom. The zero-order valence-electron chi connectivity index (χ0n) is 23.9. The first kappa shape index (κ1) is 30.0. The number of carbonyl (C=O) groups excluding carboxylic acids is 4. The number of hydrogen-bond acceptors (Lipinski definition) is 6. The van der Waals surface area contributed by atoms with Gasteiger partial charge in [-0.25, -0.2) is 0 Å². The van der Waals surface area contributed by atoms with Crippen LogP contribution in [0.2, 0.25) is 0 Å². The van der Waals surface area contributed by atoms with Crippen molar-refractivity contribution in [3.05, 3.63) is 77.4 Å². The van der Waals surface area contributed by atoms with E-state index in [0.717, 1.165) is 30.1 Å². The predicted molar refractivity (Wildman–Crippen MR) is 168 cm³/mol. The molecule has 0 spiro atoms. The third kappa shape index (κ3) is 4.26. The van der Waals surface area contributed by atoms with Gasteiger partial charge in [0.15, 0.2) is 9.75 Å². The predicted octanol–water partition coefficient (Wildman–Crippen LogP) is 4.77. The molecule has 2 aliphatic carbocycles. The lowest BCUT2D eigenvalue weighted by Gasteiger charge is -2.50. The van der Waals surface area contributed by atoms with Gasteiger partial charge in [-0.05, 0) is 54.9 Å². The van der Waals surface area contributed by atoms with Crippen LogP contribution >= 0.6 is 39.1 Å². The van der Waals surface area contributed by atoms with Gasteiger partial charge in [-0.15, -0.1) is 23.2 Å². The lowest BCUT2D eigenvalue weighted by molar-refractivity contribution is -0.144. The normalized spacial score (nSPS) is 34.2. The maximum atomic E-state index is 14.3. The number of carbonyl (C=O) groups is 4. The SMILES string of the molecule is O=C1[C@H]2[C@H](CC=C3[C@H]2C[C@@]2(Cl)C(=O)N(CBr)C(=O)[C@@]2(Cl)[C@H]3c2cccc(O)c2)C(=O)N1C1CCN(Cc2ccccc2)CC1. The minimum absolute atomic E-state index is 0.0228. The molecule has 1 N–H and O–H groups in total. The molecule has 3 aliphatic heterocycles. The Morgan fingerprint density at radius 1 is 0.909 bits per heavy atom. The molecular formula is C33H32BrCl2N3O5. The molecular weight excluding hydrogens is 669 g/mol. The third-order valence-corrected chi connectivity index (χ3v) is 12.3. The van der Waals surface area contributed by atoms with Crippen LogP contribution < -0.4 is 0 Å². The van der Waals surface area contributed by atoms with E-state index in [1.165, 1.54) is 22.6 Å². The first-order chi connectivity index (χ1) is 21.1. The van der Waals surface area contributed by atoms with Crippen LogP contribution in [0.1, 0.15) is 42.7 Å². The highest BCUT2D eigenvalue weighted by Crippen LogP contribution is 2.65. The Bertz CT molecular complexity index is 1580. The van der Waals surface area contributed by atoms with Crippen molar-refractivity contribution in [3.63, 3.8) is 0 Å². The van der Waals surface area contributed by atoms with Gasteiger partial charge < -0.3 is 5.11 Å². The molecule has 3 saturated heterocycles. The maximum Gasteiger partial charge on any atom is 0.254 e. The molecule has 7 rings (SSSR count). The fraction of sp³-hybridized carbons (Fsp3) is 0.455. The van der Waals surface area contributed by atoms with Crippen molar-refractivity contribution in [2.75, 3.05) is 18.5 Å². The number of rotatable bonds is 5. The van der Waals surface area contributed by atoms with E-state index in [1.807, 2.05) is 24.3 Å². The summed E-state index contributed by atoms with van der Waals surface area (Å²) in [7, 11) is 0. The van der Waals surface area contributed by atoms with Crippen LogP contribution in [0.15, 0.2) is 66.2 Å². The maximum absolute atomic E-state index is 14.3. The zero-order chi connectivity index (χ0) is 31.0. The Morgan fingerprint density at radius 3 is 2.32 bits per heavy atom. The summed E-state index contributed by atoms with van der Waals surface area (Å²) in [4.78, 5) is 56.9. The second-order valence-electron chi connectivity index (χ2n) is 12.6. The van der Waals surface area contributed by atoms with Crippen molar-refractivity contribution in [2.45, 2.75) is 53.9 Å². The number of allylic oxidation sites excluding steroid dienone is 2. The molecule has 1 saturated carbocycles. The number of fused-ring (bicyclic) bond motifs is 4. The summed E-state index contributed by atoms with van der Waals surface area (Å²) in [6.45, 7) is 2.37. The van der Waals surface area contributed by atoms with Gasteiger partial charge in [0.25, 0.3) is 11.8 Å². The van der Waals surface area contributed by atoms with Gasteiger partial charge in [-0.1, -0.05) is 70.0 Å². The largest absolute Gasteiger partial charge is 0.508 e. The molecule has 230 valence electrons. The first-order valence-electron chi connectivity index (χ1n) is 15.0. The molecule has 2 aromatic rings. The number of halogens is 3. The minimum atomic E-state index is -1.88.